The van der Waals surface area contributed by atoms with Crippen molar-refractivity contribution in [1.29, 1.82) is 0 Å². The lowest BCUT2D eigenvalue weighted by molar-refractivity contribution is -0.384. The first-order valence-corrected chi connectivity index (χ1v) is 6.29. The molecular formula is C13H17N3O3. The number of nitrogens with two attached hydrogens (primary N) is 1. The molecule has 1 aliphatic carbocycles. The van der Waals surface area contributed by atoms with Gasteiger partial charge in [-0.15, -0.1) is 0 Å². The first kappa shape index (κ1) is 13.3. The van der Waals surface area contributed by atoms with Gasteiger partial charge in [-0.1, -0.05) is 6.92 Å². The van der Waals surface area contributed by atoms with Gasteiger partial charge >= 0.3 is 0 Å². The van der Waals surface area contributed by atoms with Crippen LogP contribution < -0.4 is 11.1 Å². The number of nitrogens with zero attached hydrogens (tertiary/aromatic N) is 1. The van der Waals surface area contributed by atoms with Crippen LogP contribution in [0.3, 0.4) is 0 Å². The molecule has 0 aromatic heterocycles. The Labute approximate surface area is 111 Å². The zero-order chi connectivity index (χ0) is 14.0. The van der Waals surface area contributed by atoms with Crippen LogP contribution in [-0.4, -0.2) is 17.4 Å². The van der Waals surface area contributed by atoms with Gasteiger partial charge in [-0.2, -0.15) is 0 Å². The summed E-state index contributed by atoms with van der Waals surface area (Å²) in [6.07, 6.45) is 3.32. The smallest absolute Gasteiger partial charge is 0.292 e. The van der Waals surface area contributed by atoms with Crippen molar-refractivity contribution in [3.63, 3.8) is 0 Å². The van der Waals surface area contributed by atoms with Crippen LogP contribution in [0.25, 0.3) is 0 Å². The molecular weight excluding hydrogens is 246 g/mol. The molecule has 2 rings (SSSR count). The van der Waals surface area contributed by atoms with E-state index in [1.165, 1.54) is 18.2 Å². The van der Waals surface area contributed by atoms with Gasteiger partial charge in [0.2, 0.25) is 5.91 Å². The van der Waals surface area contributed by atoms with Crippen molar-refractivity contribution in [1.82, 2.24) is 0 Å². The summed E-state index contributed by atoms with van der Waals surface area (Å²) in [7, 11) is 0. The summed E-state index contributed by atoms with van der Waals surface area (Å²) in [6.45, 7) is 2.80. The summed E-state index contributed by atoms with van der Waals surface area (Å²) >= 11 is 0. The molecule has 6 heteroatoms. The Bertz CT molecular complexity index is 524. The standard InChI is InChI=1S/C13H17N3O3/c1-2-13(5-6-13)8-15-10-7-9(12(14)17)3-4-11(10)16(18)19/h3-4,7,15H,2,5-6,8H2,1H3,(H2,14,17). The second-order valence-electron chi connectivity index (χ2n) is 5.06. The lowest BCUT2D eigenvalue weighted by Crippen LogP contribution is -2.16. The third-order valence-corrected chi connectivity index (χ3v) is 3.84. The Morgan fingerprint density at radius 3 is 2.68 bits per heavy atom. The second kappa shape index (κ2) is 4.87. The topological polar surface area (TPSA) is 98.3 Å². The van der Waals surface area contributed by atoms with Crippen molar-refractivity contribution in [3.8, 4) is 0 Å². The lowest BCUT2D eigenvalue weighted by atomic mass is 10.0. The van der Waals surface area contributed by atoms with Gasteiger partial charge in [-0.25, -0.2) is 0 Å². The fourth-order valence-corrected chi connectivity index (χ4v) is 2.10. The van der Waals surface area contributed by atoms with E-state index in [1.807, 2.05) is 0 Å². The van der Waals surface area contributed by atoms with Crippen LogP contribution in [0.4, 0.5) is 11.4 Å². The number of nitrogens with one attached hydrogen (secondary N) is 1. The highest BCUT2D eigenvalue weighted by atomic mass is 16.6. The molecule has 1 aliphatic rings. The van der Waals surface area contributed by atoms with E-state index in [1.54, 1.807) is 0 Å². The van der Waals surface area contributed by atoms with E-state index in [0.29, 0.717) is 12.2 Å². The van der Waals surface area contributed by atoms with E-state index in [0.717, 1.165) is 19.3 Å². The summed E-state index contributed by atoms with van der Waals surface area (Å²) < 4.78 is 0. The molecule has 6 nitrogen and oxygen atoms in total. The van der Waals surface area contributed by atoms with Gasteiger partial charge in [-0.3, -0.25) is 14.9 Å². The molecule has 1 fully saturated rings. The van der Waals surface area contributed by atoms with Crippen molar-refractivity contribution in [2.24, 2.45) is 11.1 Å². The number of hydrogen-bond donors (Lipinski definition) is 2. The number of primary amides is 1. The number of carbonyl (C=O) groups is 1. The van der Waals surface area contributed by atoms with Crippen LogP contribution in [0, 0.1) is 15.5 Å². The molecule has 1 aromatic carbocycles. The minimum absolute atomic E-state index is 0.0306. The van der Waals surface area contributed by atoms with Gasteiger partial charge in [0.05, 0.1) is 4.92 Å². The average molecular weight is 263 g/mol. The molecule has 1 amide bonds. The molecule has 1 aromatic rings. The molecule has 0 saturated heterocycles. The third-order valence-electron chi connectivity index (χ3n) is 3.84. The molecule has 3 N–H and O–H groups in total. The van der Waals surface area contributed by atoms with Gasteiger partial charge in [0.1, 0.15) is 5.69 Å². The predicted molar refractivity (Wildman–Crippen MR) is 72.1 cm³/mol. The highest BCUT2D eigenvalue weighted by molar-refractivity contribution is 5.94. The summed E-state index contributed by atoms with van der Waals surface area (Å²) in [6, 6.07) is 4.14. The number of nitro groups is 1. The molecule has 0 unspecified atom stereocenters. The van der Waals surface area contributed by atoms with E-state index in [-0.39, 0.29) is 16.7 Å². The maximum atomic E-state index is 11.1. The highest BCUT2D eigenvalue weighted by Gasteiger charge is 2.40. The number of carbonyl (C=O) groups excluding carboxylic acids is 1. The van der Waals surface area contributed by atoms with Gasteiger partial charge < -0.3 is 11.1 Å². The summed E-state index contributed by atoms with van der Waals surface area (Å²) in [5, 5.41) is 14.1. The second-order valence-corrected chi connectivity index (χ2v) is 5.06. The SMILES string of the molecule is CCC1(CNc2cc(C(N)=O)ccc2[N+](=O)[O-])CC1. The number of benzene rings is 1. The van der Waals surface area contributed by atoms with Crippen LogP contribution in [0.2, 0.25) is 0 Å². The van der Waals surface area contributed by atoms with E-state index in [9.17, 15) is 14.9 Å². The Morgan fingerprint density at radius 1 is 1.53 bits per heavy atom. The zero-order valence-corrected chi connectivity index (χ0v) is 10.8. The first-order valence-electron chi connectivity index (χ1n) is 6.29. The first-order chi connectivity index (χ1) is 8.97. The molecule has 19 heavy (non-hydrogen) atoms. The Balaban J connectivity index is 2.22. The van der Waals surface area contributed by atoms with E-state index >= 15 is 0 Å². The van der Waals surface area contributed by atoms with E-state index in [4.69, 9.17) is 5.73 Å². The summed E-state index contributed by atoms with van der Waals surface area (Å²) in [5.74, 6) is -0.588. The Morgan fingerprint density at radius 2 is 2.21 bits per heavy atom. The van der Waals surface area contributed by atoms with Gasteiger partial charge in [0, 0.05) is 18.2 Å². The third kappa shape index (κ3) is 2.83. The Kier molecular flexibility index (Phi) is 3.42. The minimum Gasteiger partial charge on any atom is -0.379 e. The van der Waals surface area contributed by atoms with Crippen LogP contribution in [0.1, 0.15) is 36.5 Å². The summed E-state index contributed by atoms with van der Waals surface area (Å²) in [5.41, 5.74) is 6.06. The van der Waals surface area contributed by atoms with Gasteiger partial charge in [-0.05, 0) is 36.8 Å². The summed E-state index contributed by atoms with van der Waals surface area (Å²) in [4.78, 5) is 21.6. The van der Waals surface area contributed by atoms with Crippen LogP contribution in [0.15, 0.2) is 18.2 Å². The highest BCUT2D eigenvalue weighted by Crippen LogP contribution is 2.48. The number of amides is 1. The number of hydrogen-bond acceptors (Lipinski definition) is 4. The number of rotatable bonds is 6. The Hall–Kier alpha value is -2.11. The zero-order valence-electron chi connectivity index (χ0n) is 10.8. The molecule has 102 valence electrons. The molecule has 0 radical (unpaired) electrons. The lowest BCUT2D eigenvalue weighted by Gasteiger charge is -2.14. The fraction of sp³-hybridized carbons (Fsp3) is 0.462. The fourth-order valence-electron chi connectivity index (χ4n) is 2.10. The normalized spacial score (nSPS) is 15.8. The maximum Gasteiger partial charge on any atom is 0.292 e. The molecule has 0 spiro atoms. The number of nitro benzene ring substituents is 1. The predicted octanol–water partition coefficient (Wildman–Crippen LogP) is 2.30. The molecule has 0 aliphatic heterocycles. The maximum absolute atomic E-state index is 11.1. The van der Waals surface area contributed by atoms with Gasteiger partial charge in [0.25, 0.3) is 5.69 Å². The van der Waals surface area contributed by atoms with Crippen molar-refractivity contribution in [2.75, 3.05) is 11.9 Å². The van der Waals surface area contributed by atoms with Crippen LogP contribution in [0.5, 0.6) is 0 Å². The molecule has 0 heterocycles. The van der Waals surface area contributed by atoms with Crippen molar-refractivity contribution >= 4 is 17.3 Å². The van der Waals surface area contributed by atoms with E-state index < -0.39 is 10.8 Å². The van der Waals surface area contributed by atoms with E-state index in [2.05, 4.69) is 12.2 Å². The molecule has 0 atom stereocenters. The largest absolute Gasteiger partial charge is 0.379 e. The monoisotopic (exact) mass is 263 g/mol. The molecule has 0 bridgehead atoms. The van der Waals surface area contributed by atoms with Crippen LogP contribution in [-0.2, 0) is 0 Å². The number of anilines is 1. The van der Waals surface area contributed by atoms with Crippen molar-refractivity contribution in [3.05, 3.63) is 33.9 Å². The van der Waals surface area contributed by atoms with Crippen molar-refractivity contribution < 1.29 is 9.72 Å². The van der Waals surface area contributed by atoms with Crippen molar-refractivity contribution in [2.45, 2.75) is 26.2 Å². The minimum atomic E-state index is -0.588. The average Bonchev–Trinajstić information content (AvgIpc) is 3.16. The van der Waals surface area contributed by atoms with Crippen LogP contribution >= 0.6 is 0 Å². The molecule has 1 saturated carbocycles. The quantitative estimate of drug-likeness (QED) is 0.607. The van der Waals surface area contributed by atoms with Gasteiger partial charge in [0.15, 0.2) is 0 Å².